The quantitative estimate of drug-likeness (QED) is 0.639. The van der Waals surface area contributed by atoms with Gasteiger partial charge >= 0.3 is 0 Å². The average molecular weight is 199 g/mol. The van der Waals surface area contributed by atoms with Crippen LogP contribution in [0.1, 0.15) is 39.5 Å². The first kappa shape index (κ1) is 9.38. The van der Waals surface area contributed by atoms with E-state index in [1.807, 2.05) is 13.8 Å². The molecular weight excluding hydrogens is 182 g/mol. The molecule has 2 aliphatic rings. The first-order chi connectivity index (χ1) is 6.00. The van der Waals surface area contributed by atoms with Crippen molar-refractivity contribution < 1.29 is 4.79 Å². The Bertz CT molecular complexity index is 214. The SMILES string of the molecule is CC(C)(S)C(=O)N1C2CCC1CC2. The minimum atomic E-state index is -0.495. The zero-order valence-corrected chi connectivity index (χ0v) is 9.18. The van der Waals surface area contributed by atoms with E-state index in [0.29, 0.717) is 12.1 Å². The molecule has 0 aromatic rings. The lowest BCUT2D eigenvalue weighted by Crippen LogP contribution is -2.44. The monoisotopic (exact) mass is 199 g/mol. The van der Waals surface area contributed by atoms with Crippen molar-refractivity contribution >= 4 is 18.5 Å². The van der Waals surface area contributed by atoms with Gasteiger partial charge in [-0.3, -0.25) is 4.79 Å². The summed E-state index contributed by atoms with van der Waals surface area (Å²) in [5.41, 5.74) is 0. The van der Waals surface area contributed by atoms with Crippen LogP contribution in [0.2, 0.25) is 0 Å². The topological polar surface area (TPSA) is 20.3 Å². The van der Waals surface area contributed by atoms with E-state index in [9.17, 15) is 4.79 Å². The van der Waals surface area contributed by atoms with Crippen LogP contribution in [0.15, 0.2) is 0 Å². The highest BCUT2D eigenvalue weighted by Crippen LogP contribution is 2.39. The van der Waals surface area contributed by atoms with E-state index >= 15 is 0 Å². The van der Waals surface area contributed by atoms with E-state index in [-0.39, 0.29) is 5.91 Å². The number of thiol groups is 1. The van der Waals surface area contributed by atoms with Gasteiger partial charge < -0.3 is 4.90 Å². The fraction of sp³-hybridized carbons (Fsp3) is 0.900. The van der Waals surface area contributed by atoms with Crippen LogP contribution in [0.25, 0.3) is 0 Å². The van der Waals surface area contributed by atoms with Gasteiger partial charge in [0.2, 0.25) is 5.91 Å². The van der Waals surface area contributed by atoms with Crippen LogP contribution in [0.3, 0.4) is 0 Å². The number of fused-ring (bicyclic) bond motifs is 2. The second-order valence-corrected chi connectivity index (χ2v) is 5.85. The number of carbonyl (C=O) groups excluding carboxylic acids is 1. The van der Waals surface area contributed by atoms with Gasteiger partial charge in [0.1, 0.15) is 0 Å². The van der Waals surface area contributed by atoms with Gasteiger partial charge in [-0.25, -0.2) is 0 Å². The van der Waals surface area contributed by atoms with E-state index in [1.54, 1.807) is 0 Å². The molecule has 0 unspecified atom stereocenters. The van der Waals surface area contributed by atoms with Crippen LogP contribution in [-0.2, 0) is 4.79 Å². The number of nitrogens with zero attached hydrogens (tertiary/aromatic N) is 1. The Morgan fingerprint density at radius 2 is 1.62 bits per heavy atom. The molecule has 0 N–H and O–H groups in total. The van der Waals surface area contributed by atoms with Crippen molar-refractivity contribution in [2.45, 2.75) is 56.4 Å². The zero-order valence-electron chi connectivity index (χ0n) is 8.29. The Balaban J connectivity index is 2.14. The largest absolute Gasteiger partial charge is 0.336 e. The highest BCUT2D eigenvalue weighted by atomic mass is 32.1. The maximum atomic E-state index is 12.0. The molecule has 2 nitrogen and oxygen atoms in total. The van der Waals surface area contributed by atoms with Crippen molar-refractivity contribution in [3.8, 4) is 0 Å². The molecule has 74 valence electrons. The van der Waals surface area contributed by atoms with Crippen LogP contribution < -0.4 is 0 Å². The van der Waals surface area contributed by atoms with Gasteiger partial charge in [0.05, 0.1) is 4.75 Å². The summed E-state index contributed by atoms with van der Waals surface area (Å²) in [6.45, 7) is 3.77. The Morgan fingerprint density at radius 1 is 1.23 bits per heavy atom. The molecule has 0 radical (unpaired) electrons. The summed E-state index contributed by atoms with van der Waals surface area (Å²) in [5.74, 6) is 0.223. The second-order valence-electron chi connectivity index (χ2n) is 4.73. The molecule has 2 aliphatic heterocycles. The molecule has 1 amide bonds. The maximum Gasteiger partial charge on any atom is 0.238 e. The summed E-state index contributed by atoms with van der Waals surface area (Å²) in [5, 5.41) is 0. The number of amides is 1. The van der Waals surface area contributed by atoms with E-state index in [0.717, 1.165) is 0 Å². The average Bonchev–Trinajstić information content (AvgIpc) is 2.59. The van der Waals surface area contributed by atoms with Gasteiger partial charge in [0.25, 0.3) is 0 Å². The van der Waals surface area contributed by atoms with Gasteiger partial charge in [0.15, 0.2) is 0 Å². The number of hydrogen-bond acceptors (Lipinski definition) is 2. The summed E-state index contributed by atoms with van der Waals surface area (Å²) < 4.78 is -0.495. The van der Waals surface area contributed by atoms with Gasteiger partial charge in [-0.05, 0) is 39.5 Å². The minimum absolute atomic E-state index is 0.223. The Labute approximate surface area is 85.1 Å². The third-order valence-electron chi connectivity index (χ3n) is 3.21. The molecule has 0 aromatic heterocycles. The molecule has 0 aliphatic carbocycles. The minimum Gasteiger partial charge on any atom is -0.336 e. The van der Waals surface area contributed by atoms with E-state index < -0.39 is 4.75 Å². The molecule has 0 spiro atoms. The van der Waals surface area contributed by atoms with Crippen LogP contribution in [-0.4, -0.2) is 27.6 Å². The number of rotatable bonds is 1. The van der Waals surface area contributed by atoms with Crippen LogP contribution in [0, 0.1) is 0 Å². The Kier molecular flexibility index (Phi) is 2.10. The maximum absolute atomic E-state index is 12.0. The summed E-state index contributed by atoms with van der Waals surface area (Å²) in [7, 11) is 0. The third-order valence-corrected chi connectivity index (χ3v) is 3.40. The lowest BCUT2D eigenvalue weighted by Gasteiger charge is -2.29. The molecule has 0 aromatic carbocycles. The Morgan fingerprint density at radius 3 is 1.92 bits per heavy atom. The summed E-state index contributed by atoms with van der Waals surface area (Å²) in [6.07, 6.45) is 4.83. The van der Waals surface area contributed by atoms with Crippen molar-refractivity contribution in [1.82, 2.24) is 4.90 Å². The molecule has 2 bridgehead atoms. The highest BCUT2D eigenvalue weighted by Gasteiger charge is 2.45. The molecule has 13 heavy (non-hydrogen) atoms. The van der Waals surface area contributed by atoms with Crippen molar-refractivity contribution in [3.63, 3.8) is 0 Å². The van der Waals surface area contributed by atoms with Crippen molar-refractivity contribution in [3.05, 3.63) is 0 Å². The van der Waals surface area contributed by atoms with Gasteiger partial charge in [-0.2, -0.15) is 12.6 Å². The molecule has 0 saturated carbocycles. The summed E-state index contributed by atoms with van der Waals surface area (Å²) >= 11 is 4.34. The molecule has 2 fully saturated rings. The normalized spacial score (nSPS) is 32.7. The molecule has 2 heterocycles. The van der Waals surface area contributed by atoms with Crippen molar-refractivity contribution in [1.29, 1.82) is 0 Å². The molecule has 2 saturated heterocycles. The Hall–Kier alpha value is -0.180. The summed E-state index contributed by atoms with van der Waals surface area (Å²) in [4.78, 5) is 14.1. The molecule has 2 rings (SSSR count). The van der Waals surface area contributed by atoms with E-state index in [4.69, 9.17) is 0 Å². The lowest BCUT2D eigenvalue weighted by molar-refractivity contribution is -0.134. The first-order valence-electron chi connectivity index (χ1n) is 5.05. The number of hydrogen-bond donors (Lipinski definition) is 1. The predicted octanol–water partition coefficient (Wildman–Crippen LogP) is 1.85. The fourth-order valence-corrected chi connectivity index (χ4v) is 2.68. The summed E-state index contributed by atoms with van der Waals surface area (Å²) in [6, 6.07) is 1.06. The van der Waals surface area contributed by atoms with Gasteiger partial charge in [0, 0.05) is 12.1 Å². The van der Waals surface area contributed by atoms with Crippen LogP contribution >= 0.6 is 12.6 Å². The smallest absolute Gasteiger partial charge is 0.238 e. The molecule has 0 atom stereocenters. The molecular formula is C10H17NOS. The lowest BCUT2D eigenvalue weighted by atomic mass is 10.0. The van der Waals surface area contributed by atoms with Crippen LogP contribution in [0.4, 0.5) is 0 Å². The number of carbonyl (C=O) groups is 1. The van der Waals surface area contributed by atoms with E-state index in [2.05, 4.69) is 17.5 Å². The molecule has 3 heteroatoms. The van der Waals surface area contributed by atoms with E-state index in [1.165, 1.54) is 25.7 Å². The van der Waals surface area contributed by atoms with Gasteiger partial charge in [-0.15, -0.1) is 0 Å². The van der Waals surface area contributed by atoms with Crippen LogP contribution in [0.5, 0.6) is 0 Å². The fourth-order valence-electron chi connectivity index (χ4n) is 2.56. The zero-order chi connectivity index (χ0) is 9.64. The third kappa shape index (κ3) is 1.47. The highest BCUT2D eigenvalue weighted by molar-refractivity contribution is 7.82. The van der Waals surface area contributed by atoms with Gasteiger partial charge in [-0.1, -0.05) is 0 Å². The first-order valence-corrected chi connectivity index (χ1v) is 5.50. The predicted molar refractivity (Wildman–Crippen MR) is 56.0 cm³/mol. The standard InChI is InChI=1S/C10H17NOS/c1-10(2,13)9(12)11-7-3-4-8(11)6-5-7/h7-8,13H,3-6H2,1-2H3. The second kappa shape index (κ2) is 2.91. The van der Waals surface area contributed by atoms with Crippen molar-refractivity contribution in [2.75, 3.05) is 0 Å². The van der Waals surface area contributed by atoms with Crippen molar-refractivity contribution in [2.24, 2.45) is 0 Å².